The van der Waals surface area contributed by atoms with E-state index in [1.54, 1.807) is 18.2 Å². The Morgan fingerprint density at radius 3 is 2.61 bits per heavy atom. The van der Waals surface area contributed by atoms with E-state index in [9.17, 15) is 4.79 Å². The highest BCUT2D eigenvalue weighted by Gasteiger charge is 2.11. The molecule has 1 aromatic heterocycles. The van der Waals surface area contributed by atoms with Gasteiger partial charge in [0.1, 0.15) is 13.4 Å². The number of hydrogen-bond donors (Lipinski definition) is 1. The Morgan fingerprint density at radius 2 is 1.96 bits per heavy atom. The lowest BCUT2D eigenvalue weighted by molar-refractivity contribution is -0.116. The van der Waals surface area contributed by atoms with Crippen LogP contribution in [0.4, 0.5) is 5.69 Å². The highest BCUT2D eigenvalue weighted by atomic mass is 35.5. The third-order valence-corrected chi connectivity index (χ3v) is 3.63. The summed E-state index contributed by atoms with van der Waals surface area (Å²) in [4.78, 5) is 24.5. The number of nitrogens with one attached hydrogen (secondary N) is 1. The maximum atomic E-state index is 12.0. The van der Waals surface area contributed by atoms with Gasteiger partial charge in [-0.15, -0.1) is 0 Å². The van der Waals surface area contributed by atoms with Crippen LogP contribution in [-0.4, -0.2) is 28.7 Å². The topological polar surface area (TPSA) is 76.5 Å². The monoisotopic (exact) mass is 352 g/mol. The number of rotatable bonds is 6. The predicted octanol–water partition coefficient (Wildman–Crippen LogP) is 3.55. The van der Waals surface area contributed by atoms with Gasteiger partial charge in [-0.3, -0.25) is 4.79 Å². The molecule has 0 atom stereocenters. The van der Waals surface area contributed by atoms with E-state index in [2.05, 4.69) is 20.4 Å². The minimum Gasteiger partial charge on any atom is -0.399 e. The lowest BCUT2D eigenvalue weighted by Crippen LogP contribution is -2.14. The van der Waals surface area contributed by atoms with Crippen molar-refractivity contribution in [2.75, 3.05) is 12.4 Å². The Bertz CT molecular complexity index is 708. The van der Waals surface area contributed by atoms with E-state index in [1.165, 1.54) is 25.8 Å². The Hall–Kier alpha value is -2.18. The molecule has 0 bridgehead atoms. The maximum Gasteiger partial charge on any atom is 0.224 e. The van der Waals surface area contributed by atoms with Crippen molar-refractivity contribution < 1.29 is 9.63 Å². The number of carbonyl (C=O) groups is 1. The van der Waals surface area contributed by atoms with E-state index in [0.717, 1.165) is 5.56 Å². The van der Waals surface area contributed by atoms with Crippen molar-refractivity contribution in [2.24, 2.45) is 5.16 Å². The third kappa shape index (κ3) is 5.19. The van der Waals surface area contributed by atoms with Crippen LogP contribution in [0.3, 0.4) is 0 Å². The summed E-state index contributed by atoms with van der Waals surface area (Å²) in [5.41, 5.74) is 1.89. The summed E-state index contributed by atoms with van der Waals surface area (Å²) in [6.07, 6.45) is 5.04. The summed E-state index contributed by atoms with van der Waals surface area (Å²) in [5, 5.41) is 7.53. The van der Waals surface area contributed by atoms with E-state index in [1.807, 2.05) is 0 Å². The zero-order chi connectivity index (χ0) is 16.7. The van der Waals surface area contributed by atoms with Gasteiger partial charge in [0.15, 0.2) is 0 Å². The van der Waals surface area contributed by atoms with Gasteiger partial charge < -0.3 is 10.2 Å². The van der Waals surface area contributed by atoms with Crippen LogP contribution in [0.1, 0.15) is 18.4 Å². The molecule has 0 aliphatic carbocycles. The van der Waals surface area contributed by atoms with Gasteiger partial charge in [-0.05, 0) is 12.1 Å². The SMILES string of the molecule is CO/N=C(\CCC(=O)Nc1cncnc1)c1ccc(Cl)c(Cl)c1. The van der Waals surface area contributed by atoms with Gasteiger partial charge in [0.05, 0.1) is 33.8 Å². The molecule has 1 aromatic carbocycles. The largest absolute Gasteiger partial charge is 0.399 e. The van der Waals surface area contributed by atoms with Crippen LogP contribution in [0.15, 0.2) is 42.1 Å². The second-order valence-electron chi connectivity index (χ2n) is 4.52. The lowest BCUT2D eigenvalue weighted by Gasteiger charge is -2.08. The fraction of sp³-hybridized carbons (Fsp3) is 0.200. The fourth-order valence-electron chi connectivity index (χ4n) is 1.85. The molecule has 8 heteroatoms. The summed E-state index contributed by atoms with van der Waals surface area (Å²) < 4.78 is 0. The van der Waals surface area contributed by atoms with E-state index >= 15 is 0 Å². The van der Waals surface area contributed by atoms with E-state index in [0.29, 0.717) is 27.9 Å². The molecule has 0 aliphatic rings. The predicted molar refractivity (Wildman–Crippen MR) is 89.9 cm³/mol. The van der Waals surface area contributed by atoms with E-state index in [-0.39, 0.29) is 12.3 Å². The maximum absolute atomic E-state index is 12.0. The molecular weight excluding hydrogens is 339 g/mol. The minimum absolute atomic E-state index is 0.177. The van der Waals surface area contributed by atoms with Crippen molar-refractivity contribution in [3.05, 3.63) is 52.5 Å². The molecule has 0 spiro atoms. The highest BCUT2D eigenvalue weighted by molar-refractivity contribution is 6.42. The number of halogens is 2. The van der Waals surface area contributed by atoms with Crippen LogP contribution in [0.2, 0.25) is 10.0 Å². The summed E-state index contributed by atoms with van der Waals surface area (Å²) in [6.45, 7) is 0. The standard InChI is InChI=1S/C15H14Cl2N4O2/c1-23-21-14(10-2-3-12(16)13(17)6-10)4-5-15(22)20-11-7-18-9-19-8-11/h2-3,6-9H,4-5H2,1H3,(H,20,22)/b21-14+. The Labute approximate surface area is 143 Å². The number of hydrogen-bond acceptors (Lipinski definition) is 5. The zero-order valence-corrected chi connectivity index (χ0v) is 13.8. The van der Waals surface area contributed by atoms with Crippen LogP contribution < -0.4 is 5.32 Å². The number of carbonyl (C=O) groups excluding carboxylic acids is 1. The molecule has 1 amide bonds. The second kappa shape index (κ2) is 8.45. The van der Waals surface area contributed by atoms with Gasteiger partial charge in [0.25, 0.3) is 0 Å². The molecule has 6 nitrogen and oxygen atoms in total. The van der Waals surface area contributed by atoms with Crippen LogP contribution in [-0.2, 0) is 9.63 Å². The molecule has 0 radical (unpaired) electrons. The molecular formula is C15H14Cl2N4O2. The lowest BCUT2D eigenvalue weighted by atomic mass is 10.1. The van der Waals surface area contributed by atoms with Crippen LogP contribution in [0.5, 0.6) is 0 Å². The first-order valence-corrected chi connectivity index (χ1v) is 7.46. The number of benzene rings is 1. The average Bonchev–Trinajstić information content (AvgIpc) is 2.55. The van der Waals surface area contributed by atoms with E-state index in [4.69, 9.17) is 28.0 Å². The molecule has 0 saturated carbocycles. The number of amides is 1. The molecule has 0 aliphatic heterocycles. The second-order valence-corrected chi connectivity index (χ2v) is 5.34. The fourth-order valence-corrected chi connectivity index (χ4v) is 2.15. The highest BCUT2D eigenvalue weighted by Crippen LogP contribution is 2.23. The van der Waals surface area contributed by atoms with Crippen molar-refractivity contribution in [3.8, 4) is 0 Å². The van der Waals surface area contributed by atoms with Gasteiger partial charge in [-0.1, -0.05) is 34.4 Å². The Morgan fingerprint density at radius 1 is 1.22 bits per heavy atom. The van der Waals surface area contributed by atoms with Gasteiger partial charge >= 0.3 is 0 Å². The van der Waals surface area contributed by atoms with Gasteiger partial charge in [-0.25, -0.2) is 9.97 Å². The first-order chi connectivity index (χ1) is 11.1. The van der Waals surface area contributed by atoms with Gasteiger partial charge in [0.2, 0.25) is 5.91 Å². The van der Waals surface area contributed by atoms with Crippen molar-refractivity contribution >= 4 is 40.5 Å². The molecule has 0 unspecified atom stereocenters. The summed E-state index contributed by atoms with van der Waals surface area (Å²) in [6, 6.07) is 5.13. The third-order valence-electron chi connectivity index (χ3n) is 2.89. The normalized spacial score (nSPS) is 11.2. The van der Waals surface area contributed by atoms with Gasteiger partial charge in [-0.2, -0.15) is 0 Å². The summed E-state index contributed by atoms with van der Waals surface area (Å²) >= 11 is 11.9. The zero-order valence-electron chi connectivity index (χ0n) is 12.3. The average molecular weight is 353 g/mol. The molecule has 23 heavy (non-hydrogen) atoms. The van der Waals surface area contributed by atoms with E-state index < -0.39 is 0 Å². The van der Waals surface area contributed by atoms with Gasteiger partial charge in [0, 0.05) is 18.4 Å². The number of nitrogens with zero attached hydrogens (tertiary/aromatic N) is 3. The number of anilines is 1. The molecule has 2 rings (SSSR count). The van der Waals surface area contributed by atoms with Crippen LogP contribution in [0, 0.1) is 0 Å². The summed E-state index contributed by atoms with van der Waals surface area (Å²) in [7, 11) is 1.44. The molecule has 2 aromatic rings. The molecule has 120 valence electrons. The molecule has 0 saturated heterocycles. The number of aromatic nitrogens is 2. The van der Waals surface area contributed by atoms with Crippen LogP contribution in [0.25, 0.3) is 0 Å². The van der Waals surface area contributed by atoms with Crippen molar-refractivity contribution in [2.45, 2.75) is 12.8 Å². The smallest absolute Gasteiger partial charge is 0.224 e. The quantitative estimate of drug-likeness (QED) is 0.636. The first kappa shape index (κ1) is 17.2. The summed E-state index contributed by atoms with van der Waals surface area (Å²) in [5.74, 6) is -0.177. The van der Waals surface area contributed by atoms with Crippen LogP contribution >= 0.6 is 23.2 Å². The van der Waals surface area contributed by atoms with Crippen molar-refractivity contribution in [1.82, 2.24) is 9.97 Å². The van der Waals surface area contributed by atoms with Crippen molar-refractivity contribution in [1.29, 1.82) is 0 Å². The first-order valence-electron chi connectivity index (χ1n) is 6.70. The van der Waals surface area contributed by atoms with Crippen molar-refractivity contribution in [3.63, 3.8) is 0 Å². The molecule has 1 N–H and O–H groups in total. The molecule has 1 heterocycles. The Balaban J connectivity index is 2.01. The Kier molecular flexibility index (Phi) is 6.31. The minimum atomic E-state index is -0.177. The number of oxime groups is 1. The molecule has 0 fully saturated rings.